The van der Waals surface area contributed by atoms with Crippen LogP contribution in [0.1, 0.15) is 25.7 Å². The molecule has 0 aliphatic heterocycles. The first-order chi connectivity index (χ1) is 9.28. The SMILES string of the molecule is Nc1ccc2oc(N(CCO)C3CCCC3)nc2c1. The van der Waals surface area contributed by atoms with E-state index in [1.807, 2.05) is 18.2 Å². The Labute approximate surface area is 112 Å². The van der Waals surface area contributed by atoms with Crippen LogP contribution in [0.5, 0.6) is 0 Å². The fraction of sp³-hybridized carbons (Fsp3) is 0.500. The van der Waals surface area contributed by atoms with Crippen LogP contribution < -0.4 is 10.6 Å². The molecule has 1 aromatic heterocycles. The van der Waals surface area contributed by atoms with Gasteiger partial charge in [0.1, 0.15) is 5.52 Å². The molecule has 1 heterocycles. The maximum absolute atomic E-state index is 9.25. The summed E-state index contributed by atoms with van der Waals surface area (Å²) in [7, 11) is 0. The van der Waals surface area contributed by atoms with Crippen molar-refractivity contribution in [2.45, 2.75) is 31.7 Å². The number of anilines is 2. The summed E-state index contributed by atoms with van der Waals surface area (Å²) in [5.74, 6) is 0. The Hall–Kier alpha value is -1.75. The molecule has 0 saturated heterocycles. The van der Waals surface area contributed by atoms with Gasteiger partial charge in [-0.15, -0.1) is 0 Å². The van der Waals surface area contributed by atoms with Crippen LogP contribution in [0.15, 0.2) is 22.6 Å². The van der Waals surface area contributed by atoms with Crippen molar-refractivity contribution in [2.75, 3.05) is 23.8 Å². The molecule has 0 spiro atoms. The lowest BCUT2D eigenvalue weighted by Gasteiger charge is -2.26. The van der Waals surface area contributed by atoms with Crippen molar-refractivity contribution < 1.29 is 9.52 Å². The van der Waals surface area contributed by atoms with Gasteiger partial charge in [0.05, 0.1) is 6.61 Å². The first-order valence-electron chi connectivity index (χ1n) is 6.81. The summed E-state index contributed by atoms with van der Waals surface area (Å²) >= 11 is 0. The number of fused-ring (bicyclic) bond motifs is 1. The van der Waals surface area contributed by atoms with E-state index in [1.54, 1.807) is 0 Å². The molecular formula is C14H19N3O2. The summed E-state index contributed by atoms with van der Waals surface area (Å²) in [4.78, 5) is 6.59. The van der Waals surface area contributed by atoms with E-state index in [4.69, 9.17) is 10.2 Å². The number of aliphatic hydroxyl groups is 1. The van der Waals surface area contributed by atoms with Crippen molar-refractivity contribution in [1.82, 2.24) is 4.98 Å². The lowest BCUT2D eigenvalue weighted by Crippen LogP contribution is -2.35. The zero-order chi connectivity index (χ0) is 13.2. The van der Waals surface area contributed by atoms with Gasteiger partial charge in [-0.05, 0) is 31.0 Å². The van der Waals surface area contributed by atoms with E-state index < -0.39 is 0 Å². The highest BCUT2D eigenvalue weighted by molar-refractivity contribution is 5.78. The average Bonchev–Trinajstić information content (AvgIpc) is 3.04. The molecule has 1 saturated carbocycles. The lowest BCUT2D eigenvalue weighted by molar-refractivity contribution is 0.293. The van der Waals surface area contributed by atoms with Crippen LogP contribution in [-0.2, 0) is 0 Å². The van der Waals surface area contributed by atoms with Gasteiger partial charge in [-0.2, -0.15) is 4.98 Å². The highest BCUT2D eigenvalue weighted by Gasteiger charge is 2.25. The van der Waals surface area contributed by atoms with Crippen molar-refractivity contribution in [3.63, 3.8) is 0 Å². The van der Waals surface area contributed by atoms with E-state index in [9.17, 15) is 5.11 Å². The van der Waals surface area contributed by atoms with E-state index in [0.717, 1.165) is 23.9 Å². The van der Waals surface area contributed by atoms with Crippen LogP contribution in [0.2, 0.25) is 0 Å². The molecular weight excluding hydrogens is 242 g/mol. The first-order valence-corrected chi connectivity index (χ1v) is 6.81. The second-order valence-corrected chi connectivity index (χ2v) is 5.08. The number of hydrogen-bond donors (Lipinski definition) is 2. The van der Waals surface area contributed by atoms with Crippen molar-refractivity contribution in [3.8, 4) is 0 Å². The standard InChI is InChI=1S/C14H19N3O2/c15-10-5-6-13-12(9-10)16-14(19-13)17(7-8-18)11-3-1-2-4-11/h5-6,9,11,18H,1-4,7-8,15H2. The first kappa shape index (κ1) is 12.3. The maximum Gasteiger partial charge on any atom is 0.298 e. The third-order valence-electron chi connectivity index (χ3n) is 3.75. The quantitative estimate of drug-likeness (QED) is 0.825. The zero-order valence-electron chi connectivity index (χ0n) is 10.9. The smallest absolute Gasteiger partial charge is 0.298 e. The summed E-state index contributed by atoms with van der Waals surface area (Å²) in [6.45, 7) is 0.671. The minimum Gasteiger partial charge on any atom is -0.423 e. The molecule has 5 heteroatoms. The molecule has 3 rings (SSSR count). The summed E-state index contributed by atoms with van der Waals surface area (Å²) in [6.07, 6.45) is 4.75. The second kappa shape index (κ2) is 5.09. The third kappa shape index (κ3) is 2.38. The maximum atomic E-state index is 9.25. The van der Waals surface area contributed by atoms with Gasteiger partial charge in [0.25, 0.3) is 6.01 Å². The average molecular weight is 261 g/mol. The van der Waals surface area contributed by atoms with E-state index in [1.165, 1.54) is 12.8 Å². The van der Waals surface area contributed by atoms with Gasteiger partial charge in [-0.1, -0.05) is 12.8 Å². The van der Waals surface area contributed by atoms with E-state index >= 15 is 0 Å². The normalized spacial score (nSPS) is 16.3. The van der Waals surface area contributed by atoms with Crippen LogP contribution in [0, 0.1) is 0 Å². The summed E-state index contributed by atoms with van der Waals surface area (Å²) in [5.41, 5.74) is 7.95. The van der Waals surface area contributed by atoms with E-state index in [2.05, 4.69) is 9.88 Å². The van der Waals surface area contributed by atoms with Crippen molar-refractivity contribution >= 4 is 22.8 Å². The van der Waals surface area contributed by atoms with Gasteiger partial charge < -0.3 is 20.2 Å². The molecule has 0 unspecified atom stereocenters. The highest BCUT2D eigenvalue weighted by Crippen LogP contribution is 2.30. The summed E-state index contributed by atoms with van der Waals surface area (Å²) < 4.78 is 5.80. The predicted octanol–water partition coefficient (Wildman–Crippen LogP) is 2.15. The lowest BCUT2D eigenvalue weighted by atomic mass is 10.2. The number of aromatic nitrogens is 1. The van der Waals surface area contributed by atoms with Crippen molar-refractivity contribution in [1.29, 1.82) is 0 Å². The Balaban J connectivity index is 1.94. The number of nitrogens with two attached hydrogens (primary N) is 1. The molecule has 5 nitrogen and oxygen atoms in total. The molecule has 0 bridgehead atoms. The Kier molecular flexibility index (Phi) is 3.29. The molecule has 1 fully saturated rings. The molecule has 3 N–H and O–H groups in total. The van der Waals surface area contributed by atoms with Crippen LogP contribution in [0.4, 0.5) is 11.7 Å². The number of nitrogen functional groups attached to an aromatic ring is 1. The minimum atomic E-state index is 0.108. The minimum absolute atomic E-state index is 0.108. The van der Waals surface area contributed by atoms with Crippen LogP contribution in [-0.4, -0.2) is 29.3 Å². The molecule has 19 heavy (non-hydrogen) atoms. The third-order valence-corrected chi connectivity index (χ3v) is 3.75. The highest BCUT2D eigenvalue weighted by atomic mass is 16.4. The number of hydrogen-bond acceptors (Lipinski definition) is 5. The van der Waals surface area contributed by atoms with E-state index in [0.29, 0.717) is 24.3 Å². The summed E-state index contributed by atoms with van der Waals surface area (Å²) in [6, 6.07) is 6.49. The van der Waals surface area contributed by atoms with Crippen molar-refractivity contribution in [2.24, 2.45) is 0 Å². The molecule has 1 aliphatic carbocycles. The van der Waals surface area contributed by atoms with Gasteiger partial charge in [-0.3, -0.25) is 0 Å². The van der Waals surface area contributed by atoms with Gasteiger partial charge in [0.2, 0.25) is 0 Å². The van der Waals surface area contributed by atoms with Gasteiger partial charge in [0.15, 0.2) is 5.58 Å². The molecule has 102 valence electrons. The molecule has 0 radical (unpaired) electrons. The molecule has 1 aliphatic rings. The molecule has 0 amide bonds. The van der Waals surface area contributed by atoms with Crippen LogP contribution in [0.3, 0.4) is 0 Å². The number of nitrogens with zero attached hydrogens (tertiary/aromatic N) is 2. The van der Waals surface area contributed by atoms with Gasteiger partial charge in [0, 0.05) is 18.3 Å². The van der Waals surface area contributed by atoms with Crippen molar-refractivity contribution in [3.05, 3.63) is 18.2 Å². The predicted molar refractivity (Wildman–Crippen MR) is 75.1 cm³/mol. The fourth-order valence-corrected chi connectivity index (χ4v) is 2.81. The molecule has 2 aromatic rings. The second-order valence-electron chi connectivity index (χ2n) is 5.08. The Morgan fingerprint density at radius 1 is 1.37 bits per heavy atom. The monoisotopic (exact) mass is 261 g/mol. The number of oxazole rings is 1. The topological polar surface area (TPSA) is 75.5 Å². The fourth-order valence-electron chi connectivity index (χ4n) is 2.81. The van der Waals surface area contributed by atoms with Gasteiger partial charge in [-0.25, -0.2) is 0 Å². The molecule has 0 atom stereocenters. The van der Waals surface area contributed by atoms with Gasteiger partial charge >= 0.3 is 0 Å². The number of aliphatic hydroxyl groups excluding tert-OH is 1. The largest absolute Gasteiger partial charge is 0.423 e. The number of rotatable bonds is 4. The Bertz CT molecular complexity index is 561. The number of benzene rings is 1. The molecule has 1 aromatic carbocycles. The Morgan fingerprint density at radius 3 is 2.89 bits per heavy atom. The van der Waals surface area contributed by atoms with Crippen LogP contribution >= 0.6 is 0 Å². The van der Waals surface area contributed by atoms with Crippen LogP contribution in [0.25, 0.3) is 11.1 Å². The van der Waals surface area contributed by atoms with E-state index in [-0.39, 0.29) is 6.61 Å². The summed E-state index contributed by atoms with van der Waals surface area (Å²) in [5, 5.41) is 9.25. The zero-order valence-corrected chi connectivity index (χ0v) is 10.9. The Morgan fingerprint density at radius 2 is 2.16 bits per heavy atom.